The molecule has 1 N–H and O–H groups in total. The highest BCUT2D eigenvalue weighted by atomic mass is 15.3. The highest BCUT2D eigenvalue weighted by molar-refractivity contribution is 5.12. The average molecular weight is 291 g/mol. The van der Waals surface area contributed by atoms with Gasteiger partial charge < -0.3 is 5.32 Å². The number of aryl methyl sites for hydroxylation is 2. The molecule has 2 rings (SSSR count). The van der Waals surface area contributed by atoms with Crippen LogP contribution >= 0.6 is 0 Å². The van der Waals surface area contributed by atoms with Gasteiger partial charge in [-0.15, -0.1) is 0 Å². The van der Waals surface area contributed by atoms with Crippen LogP contribution in [0.2, 0.25) is 0 Å². The number of nitrogens with zero attached hydrogens (tertiary/aromatic N) is 2. The molecule has 0 aliphatic heterocycles. The number of aromatic nitrogens is 2. The van der Waals surface area contributed by atoms with E-state index >= 15 is 0 Å². The molecule has 3 nitrogen and oxygen atoms in total. The maximum absolute atomic E-state index is 4.72. The molecule has 2 atom stereocenters. The van der Waals surface area contributed by atoms with Crippen molar-refractivity contribution >= 4 is 0 Å². The standard InChI is InChI=1S/C18H33N3/c1-6-16-11-17(21(7-2)20-16)10-15-12-18(3,4)9-8-14(15)13-19-5/h11,14-15,19H,6-10,12-13H2,1-5H3. The molecule has 1 aliphatic rings. The van der Waals surface area contributed by atoms with Gasteiger partial charge in [-0.1, -0.05) is 20.8 Å². The Kier molecular flexibility index (Phi) is 5.48. The van der Waals surface area contributed by atoms with E-state index in [1.165, 1.54) is 37.1 Å². The van der Waals surface area contributed by atoms with Crippen molar-refractivity contribution in [2.75, 3.05) is 13.6 Å². The van der Waals surface area contributed by atoms with E-state index in [4.69, 9.17) is 5.10 Å². The summed E-state index contributed by atoms with van der Waals surface area (Å²) in [5.41, 5.74) is 3.18. The lowest BCUT2D eigenvalue weighted by Gasteiger charge is -2.41. The molecule has 0 aromatic carbocycles. The first kappa shape index (κ1) is 16.5. The maximum Gasteiger partial charge on any atom is 0.0624 e. The molecular weight excluding hydrogens is 258 g/mol. The van der Waals surface area contributed by atoms with Crippen LogP contribution in [0.3, 0.4) is 0 Å². The molecule has 1 saturated carbocycles. The normalized spacial score (nSPS) is 25.2. The van der Waals surface area contributed by atoms with Crippen LogP contribution in [0.1, 0.15) is 58.3 Å². The van der Waals surface area contributed by atoms with Gasteiger partial charge in [0, 0.05) is 12.2 Å². The van der Waals surface area contributed by atoms with Gasteiger partial charge in [0.05, 0.1) is 5.69 Å². The summed E-state index contributed by atoms with van der Waals surface area (Å²) in [6.07, 6.45) is 6.30. The van der Waals surface area contributed by atoms with E-state index in [1.807, 2.05) is 0 Å². The minimum atomic E-state index is 0.500. The van der Waals surface area contributed by atoms with Crippen LogP contribution in [0, 0.1) is 17.3 Å². The van der Waals surface area contributed by atoms with Gasteiger partial charge in [-0.2, -0.15) is 5.10 Å². The van der Waals surface area contributed by atoms with Crippen LogP contribution in [0.4, 0.5) is 0 Å². The quantitative estimate of drug-likeness (QED) is 0.866. The lowest BCUT2D eigenvalue weighted by Crippen LogP contribution is -2.36. The predicted octanol–water partition coefficient (Wildman–Crippen LogP) is 3.67. The third kappa shape index (κ3) is 4.09. The molecular formula is C18H33N3. The third-order valence-electron chi connectivity index (χ3n) is 5.19. The molecule has 21 heavy (non-hydrogen) atoms. The second-order valence-corrected chi connectivity index (χ2v) is 7.49. The fourth-order valence-corrected chi connectivity index (χ4v) is 3.95. The zero-order valence-electron chi connectivity index (χ0n) is 14.6. The van der Waals surface area contributed by atoms with Crippen LogP contribution < -0.4 is 5.32 Å². The first-order chi connectivity index (χ1) is 9.99. The first-order valence-corrected chi connectivity index (χ1v) is 8.69. The molecule has 0 spiro atoms. The average Bonchev–Trinajstić information content (AvgIpc) is 2.84. The summed E-state index contributed by atoms with van der Waals surface area (Å²) in [7, 11) is 2.09. The molecule has 1 aromatic rings. The highest BCUT2D eigenvalue weighted by Gasteiger charge is 2.34. The van der Waals surface area contributed by atoms with Crippen LogP contribution in [0.25, 0.3) is 0 Å². The van der Waals surface area contributed by atoms with Gasteiger partial charge in [0.1, 0.15) is 0 Å². The van der Waals surface area contributed by atoms with Crippen LogP contribution in [0.15, 0.2) is 6.07 Å². The van der Waals surface area contributed by atoms with Gasteiger partial charge in [0.2, 0.25) is 0 Å². The molecule has 2 unspecified atom stereocenters. The van der Waals surface area contributed by atoms with Gasteiger partial charge in [-0.3, -0.25) is 4.68 Å². The van der Waals surface area contributed by atoms with E-state index in [0.717, 1.165) is 31.3 Å². The van der Waals surface area contributed by atoms with Crippen LogP contribution in [0.5, 0.6) is 0 Å². The summed E-state index contributed by atoms with van der Waals surface area (Å²) < 4.78 is 2.22. The topological polar surface area (TPSA) is 29.9 Å². The molecule has 0 amide bonds. The Bertz CT molecular complexity index is 447. The minimum Gasteiger partial charge on any atom is -0.319 e. The summed E-state index contributed by atoms with van der Waals surface area (Å²) in [4.78, 5) is 0. The van der Waals surface area contributed by atoms with E-state index in [-0.39, 0.29) is 0 Å². The molecule has 1 aliphatic carbocycles. The van der Waals surface area contributed by atoms with Gasteiger partial charge in [0.25, 0.3) is 0 Å². The van der Waals surface area contributed by atoms with E-state index in [1.54, 1.807) is 0 Å². The Morgan fingerprint density at radius 3 is 2.71 bits per heavy atom. The molecule has 1 fully saturated rings. The lowest BCUT2D eigenvalue weighted by atomic mass is 9.66. The third-order valence-corrected chi connectivity index (χ3v) is 5.19. The Morgan fingerprint density at radius 1 is 1.33 bits per heavy atom. The Labute approximate surface area is 130 Å². The van der Waals surface area contributed by atoms with Crippen molar-refractivity contribution in [3.63, 3.8) is 0 Å². The molecule has 0 radical (unpaired) electrons. The van der Waals surface area contributed by atoms with E-state index in [0.29, 0.717) is 5.41 Å². The number of hydrogen-bond donors (Lipinski definition) is 1. The molecule has 0 bridgehead atoms. The monoisotopic (exact) mass is 291 g/mol. The van der Waals surface area contributed by atoms with Crippen LogP contribution in [-0.4, -0.2) is 23.4 Å². The van der Waals surface area contributed by atoms with Crippen molar-refractivity contribution in [2.24, 2.45) is 17.3 Å². The summed E-state index contributed by atoms with van der Waals surface area (Å²) >= 11 is 0. The predicted molar refractivity (Wildman–Crippen MR) is 89.5 cm³/mol. The van der Waals surface area contributed by atoms with Crippen molar-refractivity contribution in [3.05, 3.63) is 17.5 Å². The molecule has 3 heteroatoms. The smallest absolute Gasteiger partial charge is 0.0624 e. The van der Waals surface area contributed by atoms with Gasteiger partial charge in [-0.05, 0) is 75.9 Å². The maximum atomic E-state index is 4.72. The number of hydrogen-bond acceptors (Lipinski definition) is 2. The number of nitrogens with one attached hydrogen (secondary N) is 1. The van der Waals surface area contributed by atoms with Crippen molar-refractivity contribution in [1.29, 1.82) is 0 Å². The van der Waals surface area contributed by atoms with Gasteiger partial charge in [-0.25, -0.2) is 0 Å². The minimum absolute atomic E-state index is 0.500. The van der Waals surface area contributed by atoms with E-state index in [9.17, 15) is 0 Å². The zero-order chi connectivity index (χ0) is 15.5. The van der Waals surface area contributed by atoms with Crippen molar-refractivity contribution in [3.8, 4) is 0 Å². The van der Waals surface area contributed by atoms with E-state index in [2.05, 4.69) is 50.8 Å². The summed E-state index contributed by atoms with van der Waals surface area (Å²) in [5.74, 6) is 1.60. The fraction of sp³-hybridized carbons (Fsp3) is 0.833. The molecule has 120 valence electrons. The van der Waals surface area contributed by atoms with Crippen molar-refractivity contribution in [1.82, 2.24) is 15.1 Å². The highest BCUT2D eigenvalue weighted by Crippen LogP contribution is 2.43. The van der Waals surface area contributed by atoms with Crippen molar-refractivity contribution in [2.45, 2.75) is 66.3 Å². The fourth-order valence-electron chi connectivity index (χ4n) is 3.95. The second kappa shape index (κ2) is 6.95. The molecule has 0 saturated heterocycles. The SMILES string of the molecule is CCc1cc(CC2CC(C)(C)CCC2CNC)n(CC)n1. The summed E-state index contributed by atoms with van der Waals surface area (Å²) in [5, 5.41) is 8.12. The van der Waals surface area contributed by atoms with Crippen molar-refractivity contribution < 1.29 is 0 Å². The Morgan fingerprint density at radius 2 is 2.10 bits per heavy atom. The van der Waals surface area contributed by atoms with Crippen LogP contribution in [-0.2, 0) is 19.4 Å². The second-order valence-electron chi connectivity index (χ2n) is 7.49. The lowest BCUT2D eigenvalue weighted by molar-refractivity contribution is 0.116. The molecule has 1 heterocycles. The Hall–Kier alpha value is -0.830. The van der Waals surface area contributed by atoms with E-state index < -0.39 is 0 Å². The largest absolute Gasteiger partial charge is 0.319 e. The van der Waals surface area contributed by atoms with Gasteiger partial charge >= 0.3 is 0 Å². The molecule has 1 aromatic heterocycles. The number of rotatable bonds is 6. The first-order valence-electron chi connectivity index (χ1n) is 8.69. The van der Waals surface area contributed by atoms with Gasteiger partial charge in [0.15, 0.2) is 0 Å². The summed E-state index contributed by atoms with van der Waals surface area (Å²) in [6.45, 7) is 11.4. The zero-order valence-corrected chi connectivity index (χ0v) is 14.6. The Balaban J connectivity index is 2.15. The summed E-state index contributed by atoms with van der Waals surface area (Å²) in [6, 6.07) is 2.33.